The summed E-state index contributed by atoms with van der Waals surface area (Å²) in [4.78, 5) is 13.6. The summed E-state index contributed by atoms with van der Waals surface area (Å²) in [6, 6.07) is 8.64. The molecule has 0 aliphatic carbocycles. The lowest BCUT2D eigenvalue weighted by Gasteiger charge is -2.35. The van der Waals surface area contributed by atoms with Crippen LogP contribution in [-0.2, 0) is 9.53 Å². The molecule has 6 nitrogen and oxygen atoms in total. The molecule has 0 spiro atoms. The molecule has 2 saturated heterocycles. The highest BCUT2D eigenvalue weighted by molar-refractivity contribution is 5.91. The number of hydrogen-bond donors (Lipinski definition) is 3. The number of rotatable bonds is 6. The molecule has 6 heteroatoms. The molecule has 0 saturated carbocycles. The Balaban J connectivity index is 1.51. The summed E-state index contributed by atoms with van der Waals surface area (Å²) in [5.41, 5.74) is 3.75. The van der Waals surface area contributed by atoms with Crippen LogP contribution in [0.15, 0.2) is 30.3 Å². The Labute approximate surface area is 155 Å². The van der Waals surface area contributed by atoms with Crippen molar-refractivity contribution >= 4 is 17.7 Å². The first-order valence-electron chi connectivity index (χ1n) is 9.53. The number of nitrogens with zero attached hydrogens (tertiary/aromatic N) is 1. The Bertz CT molecular complexity index is 606. The van der Waals surface area contributed by atoms with Gasteiger partial charge in [0, 0.05) is 44.1 Å². The minimum Gasteiger partial charge on any atom is -0.381 e. The largest absolute Gasteiger partial charge is 0.381 e. The molecule has 142 valence electrons. The van der Waals surface area contributed by atoms with Crippen molar-refractivity contribution in [2.45, 2.75) is 31.7 Å². The first kappa shape index (κ1) is 18.9. The van der Waals surface area contributed by atoms with Crippen molar-refractivity contribution in [2.75, 3.05) is 37.7 Å². The average Bonchev–Trinajstić information content (AvgIpc) is 2.72. The molecule has 26 heavy (non-hydrogen) atoms. The van der Waals surface area contributed by atoms with E-state index in [1.54, 1.807) is 11.6 Å². The quantitative estimate of drug-likeness (QED) is 0.412. The predicted molar refractivity (Wildman–Crippen MR) is 102 cm³/mol. The second kappa shape index (κ2) is 9.71. The van der Waals surface area contributed by atoms with Crippen LogP contribution in [0.1, 0.15) is 31.2 Å². The second-order valence-corrected chi connectivity index (χ2v) is 7.09. The molecule has 0 bridgehead atoms. The normalized spacial score (nSPS) is 19.8. The van der Waals surface area contributed by atoms with E-state index in [9.17, 15) is 4.79 Å². The van der Waals surface area contributed by atoms with Crippen molar-refractivity contribution in [1.82, 2.24) is 10.8 Å². The van der Waals surface area contributed by atoms with Gasteiger partial charge in [0.15, 0.2) is 0 Å². The standard InChI is InChI=1S/C20H29N3O3/c24-20(22-25)6-5-17-3-1-2-4-19(17)23-11-7-18(8-12-23)21-15-16-9-13-26-14-10-16/h1-6,16,18,21,25H,7-15H2,(H,22,24)/b6-5+. The average molecular weight is 359 g/mol. The van der Waals surface area contributed by atoms with E-state index in [0.29, 0.717) is 6.04 Å². The highest BCUT2D eigenvalue weighted by atomic mass is 16.5. The molecular weight excluding hydrogens is 330 g/mol. The van der Waals surface area contributed by atoms with Gasteiger partial charge in [0.25, 0.3) is 5.91 Å². The van der Waals surface area contributed by atoms with Gasteiger partial charge in [0.2, 0.25) is 0 Å². The van der Waals surface area contributed by atoms with Crippen LogP contribution in [0.4, 0.5) is 5.69 Å². The molecule has 3 rings (SSSR count). The predicted octanol–water partition coefficient (Wildman–Crippen LogP) is 2.19. The van der Waals surface area contributed by atoms with E-state index >= 15 is 0 Å². The summed E-state index contributed by atoms with van der Waals surface area (Å²) in [5, 5.41) is 12.4. The van der Waals surface area contributed by atoms with Crippen LogP contribution in [0.25, 0.3) is 6.08 Å². The Morgan fingerprint density at radius 3 is 2.65 bits per heavy atom. The van der Waals surface area contributed by atoms with Crippen LogP contribution in [0.2, 0.25) is 0 Å². The first-order chi connectivity index (χ1) is 12.8. The van der Waals surface area contributed by atoms with Crippen LogP contribution in [0.5, 0.6) is 0 Å². The summed E-state index contributed by atoms with van der Waals surface area (Å²) in [6.07, 6.45) is 7.69. The topological polar surface area (TPSA) is 73.8 Å². The fourth-order valence-electron chi connectivity index (χ4n) is 3.73. The fraction of sp³-hybridized carbons (Fsp3) is 0.550. The molecular formula is C20H29N3O3. The number of ether oxygens (including phenoxy) is 1. The molecule has 0 radical (unpaired) electrons. The minimum atomic E-state index is -0.518. The molecule has 1 aromatic carbocycles. The van der Waals surface area contributed by atoms with Gasteiger partial charge < -0.3 is 15.0 Å². The van der Waals surface area contributed by atoms with E-state index in [4.69, 9.17) is 9.94 Å². The van der Waals surface area contributed by atoms with Crippen molar-refractivity contribution in [3.8, 4) is 0 Å². The monoisotopic (exact) mass is 359 g/mol. The number of nitrogens with one attached hydrogen (secondary N) is 2. The van der Waals surface area contributed by atoms with Crippen molar-refractivity contribution in [1.29, 1.82) is 0 Å². The van der Waals surface area contributed by atoms with Crippen LogP contribution in [0.3, 0.4) is 0 Å². The number of carbonyl (C=O) groups excluding carboxylic acids is 1. The molecule has 1 aromatic rings. The minimum absolute atomic E-state index is 0.518. The molecule has 0 atom stereocenters. The van der Waals surface area contributed by atoms with Crippen LogP contribution < -0.4 is 15.7 Å². The summed E-state index contributed by atoms with van der Waals surface area (Å²) in [5.74, 6) is 0.237. The van der Waals surface area contributed by atoms with Gasteiger partial charge in [0.1, 0.15) is 0 Å². The van der Waals surface area contributed by atoms with Gasteiger partial charge in [-0.15, -0.1) is 0 Å². The number of anilines is 1. The number of amides is 1. The Morgan fingerprint density at radius 2 is 1.92 bits per heavy atom. The zero-order chi connectivity index (χ0) is 18.2. The Kier molecular flexibility index (Phi) is 7.05. The molecule has 3 N–H and O–H groups in total. The Morgan fingerprint density at radius 1 is 1.19 bits per heavy atom. The highest BCUT2D eigenvalue weighted by Crippen LogP contribution is 2.25. The van der Waals surface area contributed by atoms with Crippen LogP contribution in [-0.4, -0.2) is 50.0 Å². The second-order valence-electron chi connectivity index (χ2n) is 7.09. The van der Waals surface area contributed by atoms with E-state index in [-0.39, 0.29) is 0 Å². The highest BCUT2D eigenvalue weighted by Gasteiger charge is 2.22. The Hall–Kier alpha value is -1.89. The maximum atomic E-state index is 11.2. The van der Waals surface area contributed by atoms with Gasteiger partial charge in [-0.3, -0.25) is 10.0 Å². The van der Waals surface area contributed by atoms with Crippen molar-refractivity contribution < 1.29 is 14.7 Å². The van der Waals surface area contributed by atoms with E-state index < -0.39 is 5.91 Å². The van der Waals surface area contributed by atoms with E-state index in [2.05, 4.69) is 16.3 Å². The van der Waals surface area contributed by atoms with E-state index in [0.717, 1.165) is 62.9 Å². The fourth-order valence-corrected chi connectivity index (χ4v) is 3.73. The number of carbonyl (C=O) groups is 1. The number of piperidine rings is 1. The lowest BCUT2D eigenvalue weighted by molar-refractivity contribution is -0.124. The van der Waals surface area contributed by atoms with Crippen molar-refractivity contribution in [3.63, 3.8) is 0 Å². The molecule has 2 aliphatic heterocycles. The van der Waals surface area contributed by atoms with Gasteiger partial charge in [-0.25, -0.2) is 5.48 Å². The van der Waals surface area contributed by atoms with Gasteiger partial charge in [-0.05, 0) is 55.9 Å². The van der Waals surface area contributed by atoms with Gasteiger partial charge in [0.05, 0.1) is 0 Å². The molecule has 2 fully saturated rings. The van der Waals surface area contributed by atoms with E-state index in [1.165, 1.54) is 18.9 Å². The lowest BCUT2D eigenvalue weighted by atomic mass is 9.98. The number of hydrogen-bond acceptors (Lipinski definition) is 5. The summed E-state index contributed by atoms with van der Waals surface area (Å²) in [7, 11) is 0. The third kappa shape index (κ3) is 5.30. The third-order valence-corrected chi connectivity index (χ3v) is 5.33. The van der Waals surface area contributed by atoms with Crippen LogP contribution in [0, 0.1) is 5.92 Å². The van der Waals surface area contributed by atoms with Crippen LogP contribution >= 0.6 is 0 Å². The van der Waals surface area contributed by atoms with Gasteiger partial charge in [-0.1, -0.05) is 18.2 Å². The summed E-state index contributed by atoms with van der Waals surface area (Å²) in [6.45, 7) is 4.92. The molecule has 1 amide bonds. The maximum absolute atomic E-state index is 11.2. The maximum Gasteiger partial charge on any atom is 0.267 e. The molecule has 0 aromatic heterocycles. The SMILES string of the molecule is O=C(/C=C/c1ccccc1N1CCC(NCC2CCOCC2)CC1)NO. The number of para-hydroxylation sites is 1. The molecule has 0 unspecified atom stereocenters. The molecule has 2 heterocycles. The van der Waals surface area contributed by atoms with Gasteiger partial charge in [-0.2, -0.15) is 0 Å². The van der Waals surface area contributed by atoms with Crippen molar-refractivity contribution in [2.24, 2.45) is 5.92 Å². The van der Waals surface area contributed by atoms with Gasteiger partial charge >= 0.3 is 0 Å². The number of benzene rings is 1. The summed E-state index contributed by atoms with van der Waals surface area (Å²) < 4.78 is 5.43. The zero-order valence-electron chi connectivity index (χ0n) is 15.2. The number of hydroxylamine groups is 1. The molecule has 2 aliphatic rings. The smallest absolute Gasteiger partial charge is 0.267 e. The first-order valence-corrected chi connectivity index (χ1v) is 9.53. The zero-order valence-corrected chi connectivity index (χ0v) is 15.2. The third-order valence-electron chi connectivity index (χ3n) is 5.33. The van der Waals surface area contributed by atoms with Crippen molar-refractivity contribution in [3.05, 3.63) is 35.9 Å². The summed E-state index contributed by atoms with van der Waals surface area (Å²) >= 11 is 0. The lowest BCUT2D eigenvalue weighted by Crippen LogP contribution is -2.44. The van der Waals surface area contributed by atoms with E-state index in [1.807, 2.05) is 18.2 Å².